The van der Waals surface area contributed by atoms with Crippen LogP contribution in [0.5, 0.6) is 5.75 Å². The van der Waals surface area contributed by atoms with Gasteiger partial charge in [-0.15, -0.1) is 0 Å². The van der Waals surface area contributed by atoms with Crippen LogP contribution in [-0.2, 0) is 0 Å². The van der Waals surface area contributed by atoms with Gasteiger partial charge in [0.2, 0.25) is 0 Å². The van der Waals surface area contributed by atoms with Crippen LogP contribution in [0, 0.1) is 0 Å². The van der Waals surface area contributed by atoms with E-state index in [0.29, 0.717) is 36.0 Å². The number of aromatic nitrogens is 2. The van der Waals surface area contributed by atoms with E-state index >= 15 is 0 Å². The Labute approximate surface area is 159 Å². The predicted octanol–water partition coefficient (Wildman–Crippen LogP) is 3.50. The van der Waals surface area contributed by atoms with Crippen molar-refractivity contribution in [3.8, 4) is 5.75 Å². The zero-order chi connectivity index (χ0) is 18.3. The SMILES string of the molecule is COc1ccc(Br)c(C(=O)N2CCN(C)c3nc4ccccc4nc32)c1. The molecule has 0 atom stereocenters. The Morgan fingerprint density at radius 1 is 1.08 bits per heavy atom. The van der Waals surface area contributed by atoms with Crippen LogP contribution in [0.1, 0.15) is 10.4 Å². The zero-order valence-corrected chi connectivity index (χ0v) is 16.0. The van der Waals surface area contributed by atoms with Gasteiger partial charge in [-0.05, 0) is 46.3 Å². The van der Waals surface area contributed by atoms with Gasteiger partial charge in [0.1, 0.15) is 5.75 Å². The van der Waals surface area contributed by atoms with Crippen LogP contribution in [0.25, 0.3) is 11.0 Å². The summed E-state index contributed by atoms with van der Waals surface area (Å²) in [5.41, 5.74) is 2.12. The smallest absolute Gasteiger partial charge is 0.260 e. The molecule has 0 aliphatic carbocycles. The number of rotatable bonds is 2. The maximum Gasteiger partial charge on any atom is 0.260 e. The third kappa shape index (κ3) is 2.78. The molecule has 2 aromatic carbocycles. The normalized spacial score (nSPS) is 13.7. The average Bonchev–Trinajstić information content (AvgIpc) is 2.67. The molecule has 0 spiro atoms. The Hall–Kier alpha value is -2.67. The molecule has 0 N–H and O–H groups in total. The summed E-state index contributed by atoms with van der Waals surface area (Å²) in [5.74, 6) is 1.80. The van der Waals surface area contributed by atoms with Crippen LogP contribution in [0.15, 0.2) is 46.9 Å². The van der Waals surface area contributed by atoms with E-state index in [1.807, 2.05) is 48.3 Å². The Kier molecular flexibility index (Phi) is 4.24. The molecule has 0 fully saturated rings. The van der Waals surface area contributed by atoms with E-state index in [0.717, 1.165) is 15.5 Å². The number of hydrogen-bond acceptors (Lipinski definition) is 5. The van der Waals surface area contributed by atoms with Gasteiger partial charge in [0, 0.05) is 24.6 Å². The van der Waals surface area contributed by atoms with Crippen molar-refractivity contribution in [3.05, 3.63) is 52.5 Å². The van der Waals surface area contributed by atoms with Crippen LogP contribution < -0.4 is 14.5 Å². The fraction of sp³-hybridized carbons (Fsp3) is 0.211. The first-order chi connectivity index (χ1) is 12.6. The van der Waals surface area contributed by atoms with Crippen molar-refractivity contribution < 1.29 is 9.53 Å². The summed E-state index contributed by atoms with van der Waals surface area (Å²) in [6.07, 6.45) is 0. The molecule has 3 aromatic rings. The topological polar surface area (TPSA) is 58.6 Å². The molecule has 7 heteroatoms. The van der Waals surface area contributed by atoms with E-state index < -0.39 is 0 Å². The van der Waals surface area contributed by atoms with Crippen molar-refractivity contribution in [2.45, 2.75) is 0 Å². The number of fused-ring (bicyclic) bond motifs is 2. The molecule has 132 valence electrons. The van der Waals surface area contributed by atoms with E-state index in [9.17, 15) is 4.79 Å². The van der Waals surface area contributed by atoms with Crippen LogP contribution in [0.2, 0.25) is 0 Å². The number of anilines is 2. The van der Waals surface area contributed by atoms with E-state index in [-0.39, 0.29) is 5.91 Å². The molecule has 26 heavy (non-hydrogen) atoms. The lowest BCUT2D eigenvalue weighted by molar-refractivity contribution is 0.0985. The second-order valence-electron chi connectivity index (χ2n) is 6.08. The highest BCUT2D eigenvalue weighted by atomic mass is 79.9. The standard InChI is InChI=1S/C19H17BrN4O2/c1-23-9-10-24(19(25)13-11-12(26-2)7-8-14(13)20)18-17(23)21-15-5-3-4-6-16(15)22-18/h3-8,11H,9-10H2,1-2H3. The highest BCUT2D eigenvalue weighted by molar-refractivity contribution is 9.10. The highest BCUT2D eigenvalue weighted by Gasteiger charge is 2.30. The number of ether oxygens (including phenoxy) is 1. The summed E-state index contributed by atoms with van der Waals surface area (Å²) in [7, 11) is 3.55. The van der Waals surface area contributed by atoms with Crippen LogP contribution in [-0.4, -0.2) is 43.1 Å². The highest BCUT2D eigenvalue weighted by Crippen LogP contribution is 2.33. The first-order valence-corrected chi connectivity index (χ1v) is 9.01. The molecule has 0 saturated heterocycles. The minimum atomic E-state index is -0.130. The summed E-state index contributed by atoms with van der Waals surface area (Å²) < 4.78 is 5.98. The van der Waals surface area contributed by atoms with Gasteiger partial charge in [-0.2, -0.15) is 0 Å². The number of para-hydroxylation sites is 2. The van der Waals surface area contributed by atoms with Gasteiger partial charge >= 0.3 is 0 Å². The van der Waals surface area contributed by atoms with E-state index in [4.69, 9.17) is 14.7 Å². The summed E-state index contributed by atoms with van der Waals surface area (Å²) in [5, 5.41) is 0. The lowest BCUT2D eigenvalue weighted by atomic mass is 10.1. The third-order valence-corrected chi connectivity index (χ3v) is 5.15. The lowest BCUT2D eigenvalue weighted by Gasteiger charge is -2.34. The number of benzene rings is 2. The van der Waals surface area contributed by atoms with Crippen LogP contribution in [0.3, 0.4) is 0 Å². The molecule has 1 amide bonds. The Bertz CT molecular complexity index is 1010. The number of carbonyl (C=O) groups excluding carboxylic acids is 1. The number of carbonyl (C=O) groups is 1. The summed E-state index contributed by atoms with van der Waals surface area (Å²) in [6, 6.07) is 13.0. The molecule has 1 aliphatic heterocycles. The van der Waals surface area contributed by atoms with E-state index in [2.05, 4.69) is 15.9 Å². The molecule has 4 rings (SSSR count). The second-order valence-corrected chi connectivity index (χ2v) is 6.94. The zero-order valence-electron chi connectivity index (χ0n) is 14.4. The van der Waals surface area contributed by atoms with Crippen molar-refractivity contribution in [3.63, 3.8) is 0 Å². The number of likely N-dealkylation sites (N-methyl/N-ethyl adjacent to an activating group) is 1. The number of hydrogen-bond donors (Lipinski definition) is 0. The van der Waals surface area contributed by atoms with Crippen LogP contribution >= 0.6 is 15.9 Å². The first kappa shape index (κ1) is 16.8. The van der Waals surface area contributed by atoms with Crippen LogP contribution in [0.4, 0.5) is 11.6 Å². The lowest BCUT2D eigenvalue weighted by Crippen LogP contribution is -2.44. The second kappa shape index (κ2) is 6.57. The molecule has 1 aromatic heterocycles. The summed E-state index contributed by atoms with van der Waals surface area (Å²) in [4.78, 5) is 26.4. The largest absolute Gasteiger partial charge is 0.497 e. The average molecular weight is 413 g/mol. The quantitative estimate of drug-likeness (QED) is 0.644. The van der Waals surface area contributed by atoms with Gasteiger partial charge in [0.15, 0.2) is 11.6 Å². The van der Waals surface area contributed by atoms with Crippen molar-refractivity contribution in [1.29, 1.82) is 0 Å². The van der Waals surface area contributed by atoms with Crippen molar-refractivity contribution in [2.24, 2.45) is 0 Å². The minimum absolute atomic E-state index is 0.130. The maximum absolute atomic E-state index is 13.2. The van der Waals surface area contributed by atoms with Gasteiger partial charge in [0.25, 0.3) is 5.91 Å². The summed E-state index contributed by atoms with van der Waals surface area (Å²) in [6.45, 7) is 1.23. The Balaban J connectivity index is 1.83. The third-order valence-electron chi connectivity index (χ3n) is 4.46. The molecule has 0 unspecified atom stereocenters. The van der Waals surface area contributed by atoms with E-state index in [1.54, 1.807) is 18.1 Å². The molecule has 0 radical (unpaired) electrons. The monoisotopic (exact) mass is 412 g/mol. The molecular formula is C19H17BrN4O2. The van der Waals surface area contributed by atoms with Crippen molar-refractivity contribution in [2.75, 3.05) is 37.0 Å². The fourth-order valence-electron chi connectivity index (χ4n) is 3.02. The van der Waals surface area contributed by atoms with Crippen molar-refractivity contribution in [1.82, 2.24) is 9.97 Å². The fourth-order valence-corrected chi connectivity index (χ4v) is 3.43. The summed E-state index contributed by atoms with van der Waals surface area (Å²) >= 11 is 3.47. The molecule has 1 aliphatic rings. The van der Waals surface area contributed by atoms with Gasteiger partial charge in [-0.1, -0.05) is 12.1 Å². The van der Waals surface area contributed by atoms with Gasteiger partial charge < -0.3 is 9.64 Å². The molecule has 2 heterocycles. The number of amides is 1. The molecule has 6 nitrogen and oxygen atoms in total. The molecule has 0 saturated carbocycles. The Morgan fingerprint density at radius 3 is 2.46 bits per heavy atom. The van der Waals surface area contributed by atoms with Gasteiger partial charge in [-0.25, -0.2) is 9.97 Å². The number of methoxy groups -OCH3 is 1. The minimum Gasteiger partial charge on any atom is -0.497 e. The predicted molar refractivity (Wildman–Crippen MR) is 105 cm³/mol. The Morgan fingerprint density at radius 2 is 1.77 bits per heavy atom. The van der Waals surface area contributed by atoms with E-state index in [1.165, 1.54) is 0 Å². The van der Waals surface area contributed by atoms with Gasteiger partial charge in [0.05, 0.1) is 23.7 Å². The van der Waals surface area contributed by atoms with Gasteiger partial charge in [-0.3, -0.25) is 9.69 Å². The number of nitrogens with zero attached hydrogens (tertiary/aromatic N) is 4. The number of halogens is 1. The first-order valence-electron chi connectivity index (χ1n) is 8.22. The molecular weight excluding hydrogens is 396 g/mol. The molecule has 0 bridgehead atoms. The van der Waals surface area contributed by atoms with Crippen molar-refractivity contribution >= 4 is 44.5 Å². The maximum atomic E-state index is 13.2.